The molecule has 16 heavy (non-hydrogen) atoms. The molecule has 0 aliphatic heterocycles. The van der Waals surface area contributed by atoms with Gasteiger partial charge in [0.2, 0.25) is 0 Å². The second-order valence-corrected chi connectivity index (χ2v) is 3.17. The molecule has 1 heterocycles. The molecule has 0 saturated heterocycles. The smallest absolute Gasteiger partial charge is 0.0999 e. The summed E-state index contributed by atoms with van der Waals surface area (Å²) in [4.78, 5) is 4.16. The minimum Gasteiger partial charge on any atom is -0.256 e. The molecule has 0 unspecified atom stereocenters. The first-order valence-corrected chi connectivity index (χ1v) is 4.71. The van der Waals surface area contributed by atoms with Gasteiger partial charge >= 0.3 is 0 Å². The number of aromatic nitrogens is 1. The van der Waals surface area contributed by atoms with Gasteiger partial charge in [0, 0.05) is 11.8 Å². The van der Waals surface area contributed by atoms with Crippen LogP contribution in [0.5, 0.6) is 0 Å². The molecule has 3 heteroatoms. The van der Waals surface area contributed by atoms with E-state index in [-0.39, 0.29) is 0 Å². The lowest BCUT2D eigenvalue weighted by atomic mass is 9.99. The van der Waals surface area contributed by atoms with Crippen molar-refractivity contribution in [3.63, 3.8) is 0 Å². The van der Waals surface area contributed by atoms with Crippen molar-refractivity contribution in [3.8, 4) is 23.4 Å². The minimum atomic E-state index is 0.470. The Morgan fingerprint density at radius 2 is 1.56 bits per heavy atom. The zero-order chi connectivity index (χ0) is 11.4. The van der Waals surface area contributed by atoms with Gasteiger partial charge in [0.05, 0.1) is 29.0 Å². The van der Waals surface area contributed by atoms with Crippen LogP contribution in [-0.4, -0.2) is 4.98 Å². The summed E-state index contributed by atoms with van der Waals surface area (Å²) in [6.07, 6.45) is 1.64. The Hall–Kier alpha value is -2.65. The van der Waals surface area contributed by atoms with Gasteiger partial charge in [-0.3, -0.25) is 4.98 Å². The zero-order valence-corrected chi connectivity index (χ0v) is 8.38. The van der Waals surface area contributed by atoms with Crippen LogP contribution in [0, 0.1) is 22.7 Å². The van der Waals surface area contributed by atoms with E-state index in [4.69, 9.17) is 10.5 Å². The first-order chi connectivity index (χ1) is 7.86. The Bertz CT molecular complexity index is 557. The molecule has 0 radical (unpaired) electrons. The lowest BCUT2D eigenvalue weighted by molar-refractivity contribution is 1.31. The van der Waals surface area contributed by atoms with Crippen LogP contribution >= 0.6 is 0 Å². The van der Waals surface area contributed by atoms with Crippen LogP contribution < -0.4 is 0 Å². The fourth-order valence-corrected chi connectivity index (χ4v) is 1.53. The molecule has 3 nitrogen and oxygen atoms in total. The van der Waals surface area contributed by atoms with E-state index in [0.29, 0.717) is 22.4 Å². The van der Waals surface area contributed by atoms with Crippen molar-refractivity contribution in [1.82, 2.24) is 4.98 Å². The number of benzene rings is 1. The first-order valence-electron chi connectivity index (χ1n) is 4.71. The van der Waals surface area contributed by atoms with Crippen molar-refractivity contribution in [2.75, 3.05) is 0 Å². The number of rotatable bonds is 1. The van der Waals surface area contributed by atoms with Gasteiger partial charge in [0.15, 0.2) is 0 Å². The molecule has 0 atom stereocenters. The quantitative estimate of drug-likeness (QED) is 0.718. The second-order valence-electron chi connectivity index (χ2n) is 3.17. The molecule has 0 saturated carbocycles. The van der Waals surface area contributed by atoms with Crippen LogP contribution in [0.1, 0.15) is 11.1 Å². The number of hydrogen-bond donors (Lipinski definition) is 0. The van der Waals surface area contributed by atoms with Crippen LogP contribution in [0.4, 0.5) is 0 Å². The van der Waals surface area contributed by atoms with E-state index < -0.39 is 0 Å². The molecular weight excluding hydrogens is 198 g/mol. The molecule has 2 rings (SSSR count). The van der Waals surface area contributed by atoms with E-state index in [0.717, 1.165) is 0 Å². The largest absolute Gasteiger partial charge is 0.256 e. The number of hydrogen-bond acceptors (Lipinski definition) is 3. The average Bonchev–Trinajstić information content (AvgIpc) is 2.38. The van der Waals surface area contributed by atoms with Crippen molar-refractivity contribution in [1.29, 1.82) is 10.5 Å². The molecule has 0 aliphatic carbocycles. The van der Waals surface area contributed by atoms with E-state index in [9.17, 15) is 0 Å². The highest BCUT2D eigenvalue weighted by Gasteiger charge is 2.10. The van der Waals surface area contributed by atoms with Gasteiger partial charge < -0.3 is 0 Å². The lowest BCUT2D eigenvalue weighted by Crippen LogP contribution is -1.91. The Balaban J connectivity index is 2.74. The molecule has 0 bridgehead atoms. The Morgan fingerprint density at radius 1 is 0.875 bits per heavy atom. The van der Waals surface area contributed by atoms with Crippen LogP contribution in [0.2, 0.25) is 0 Å². The molecule has 0 N–H and O–H groups in total. The van der Waals surface area contributed by atoms with E-state index >= 15 is 0 Å². The number of nitriles is 2. The average molecular weight is 205 g/mol. The van der Waals surface area contributed by atoms with Gasteiger partial charge in [0.1, 0.15) is 0 Å². The molecule has 74 valence electrons. The summed E-state index contributed by atoms with van der Waals surface area (Å²) in [6.45, 7) is 0. The monoisotopic (exact) mass is 205 g/mol. The molecule has 2 aromatic rings. The topological polar surface area (TPSA) is 60.5 Å². The molecule has 0 fully saturated rings. The van der Waals surface area contributed by atoms with Gasteiger partial charge in [-0.1, -0.05) is 12.1 Å². The van der Waals surface area contributed by atoms with Crippen molar-refractivity contribution >= 4 is 0 Å². The maximum absolute atomic E-state index is 9.01. The predicted octanol–water partition coefficient (Wildman–Crippen LogP) is 2.49. The van der Waals surface area contributed by atoms with E-state index in [1.54, 1.807) is 36.5 Å². The molecular formula is C13H7N3. The van der Waals surface area contributed by atoms with Gasteiger partial charge in [0.25, 0.3) is 0 Å². The fourth-order valence-electron chi connectivity index (χ4n) is 1.53. The highest BCUT2D eigenvalue weighted by atomic mass is 14.7. The third-order valence-corrected chi connectivity index (χ3v) is 2.23. The highest BCUT2D eigenvalue weighted by Crippen LogP contribution is 2.24. The zero-order valence-electron chi connectivity index (χ0n) is 8.38. The Labute approximate surface area is 93.2 Å². The van der Waals surface area contributed by atoms with Gasteiger partial charge in [-0.05, 0) is 24.3 Å². The summed E-state index contributed by atoms with van der Waals surface area (Å²) in [6, 6.07) is 14.6. The summed E-state index contributed by atoms with van der Waals surface area (Å²) in [5.74, 6) is 0. The number of pyridine rings is 1. The summed E-state index contributed by atoms with van der Waals surface area (Å²) < 4.78 is 0. The Morgan fingerprint density at radius 3 is 2.06 bits per heavy atom. The minimum absolute atomic E-state index is 0.470. The van der Waals surface area contributed by atoms with Crippen molar-refractivity contribution < 1.29 is 0 Å². The molecule has 1 aromatic carbocycles. The predicted molar refractivity (Wildman–Crippen MR) is 59.1 cm³/mol. The molecule has 0 aliphatic rings. The highest BCUT2D eigenvalue weighted by molar-refractivity contribution is 5.73. The van der Waals surface area contributed by atoms with Crippen LogP contribution in [0.3, 0.4) is 0 Å². The van der Waals surface area contributed by atoms with Crippen molar-refractivity contribution in [2.24, 2.45) is 0 Å². The Kier molecular flexibility index (Phi) is 2.63. The van der Waals surface area contributed by atoms with Gasteiger partial charge in [-0.15, -0.1) is 0 Å². The van der Waals surface area contributed by atoms with Crippen molar-refractivity contribution in [3.05, 3.63) is 53.7 Å². The second kappa shape index (κ2) is 4.25. The summed E-state index contributed by atoms with van der Waals surface area (Å²) in [5.41, 5.74) is 2.19. The lowest BCUT2D eigenvalue weighted by Gasteiger charge is -2.04. The van der Waals surface area contributed by atoms with Crippen molar-refractivity contribution in [2.45, 2.75) is 0 Å². The summed E-state index contributed by atoms with van der Waals surface area (Å²) >= 11 is 0. The van der Waals surface area contributed by atoms with E-state index in [1.165, 1.54) is 0 Å². The van der Waals surface area contributed by atoms with E-state index in [1.807, 2.05) is 6.07 Å². The van der Waals surface area contributed by atoms with Gasteiger partial charge in [-0.25, -0.2) is 0 Å². The third-order valence-electron chi connectivity index (χ3n) is 2.23. The number of nitrogens with zero attached hydrogens (tertiary/aromatic N) is 3. The van der Waals surface area contributed by atoms with Crippen LogP contribution in [-0.2, 0) is 0 Å². The van der Waals surface area contributed by atoms with E-state index in [2.05, 4.69) is 17.1 Å². The maximum Gasteiger partial charge on any atom is 0.0999 e. The van der Waals surface area contributed by atoms with Gasteiger partial charge in [-0.2, -0.15) is 10.5 Å². The molecule has 1 aromatic heterocycles. The molecule has 0 amide bonds. The van der Waals surface area contributed by atoms with Crippen LogP contribution in [0.15, 0.2) is 42.6 Å². The fraction of sp³-hybridized carbons (Fsp3) is 0. The maximum atomic E-state index is 9.01. The normalized spacial score (nSPS) is 9.12. The first kappa shape index (κ1) is 9.89. The summed E-state index contributed by atoms with van der Waals surface area (Å²) in [7, 11) is 0. The molecule has 0 spiro atoms. The summed E-state index contributed by atoms with van der Waals surface area (Å²) in [5, 5.41) is 18.0. The standard InChI is InChI=1S/C13H7N3/c14-8-10-4-3-5-11(9-15)13(10)12-6-1-2-7-16-12/h1-7H. The third kappa shape index (κ3) is 1.63. The van der Waals surface area contributed by atoms with Crippen LogP contribution in [0.25, 0.3) is 11.3 Å². The SMILES string of the molecule is N#Cc1cccc(C#N)c1-c1ccccn1.